The van der Waals surface area contributed by atoms with E-state index in [-0.39, 0.29) is 22.3 Å². The quantitative estimate of drug-likeness (QED) is 0.706. The smallest absolute Gasteiger partial charge is 0.356 e. The summed E-state index contributed by atoms with van der Waals surface area (Å²) < 4.78 is 2.19. The van der Waals surface area contributed by atoms with Gasteiger partial charge in [0.1, 0.15) is 11.4 Å². The van der Waals surface area contributed by atoms with Crippen LogP contribution in [-0.4, -0.2) is 19.5 Å². The largest absolute Gasteiger partial charge is 0.506 e. The molecule has 0 amide bonds. The molecule has 2 aromatic carbocycles. The molecule has 0 fully saturated rings. The predicted octanol–water partition coefficient (Wildman–Crippen LogP) is 3.91. The average Bonchev–Trinajstić information content (AvgIpc) is 2.87. The molecule has 3 rings (SSSR count). The van der Waals surface area contributed by atoms with Gasteiger partial charge in [0.05, 0.1) is 5.69 Å². The number of hydrogen-bond donors (Lipinski definition) is 2. The van der Waals surface area contributed by atoms with Crippen molar-refractivity contribution in [3.05, 3.63) is 74.6 Å². The van der Waals surface area contributed by atoms with Gasteiger partial charge < -0.3 is 5.11 Å². The molecule has 0 aliphatic rings. The second-order valence-electron chi connectivity index (χ2n) is 9.73. The van der Waals surface area contributed by atoms with Gasteiger partial charge in [-0.3, -0.25) is 0 Å². The number of rotatable bonds is 3. The lowest BCUT2D eigenvalue weighted by Crippen LogP contribution is -2.27. The summed E-state index contributed by atoms with van der Waals surface area (Å²) in [5.74, 6) is -0.0741. The van der Waals surface area contributed by atoms with E-state index in [1.807, 2.05) is 45.0 Å². The van der Waals surface area contributed by atoms with Crippen LogP contribution in [0.2, 0.25) is 0 Å². The van der Waals surface area contributed by atoms with E-state index in [0.717, 1.165) is 26.8 Å². The fraction of sp³-hybridized carbons (Fsp3) is 0.391. The van der Waals surface area contributed by atoms with E-state index in [1.165, 1.54) is 0 Å². The molecule has 29 heavy (non-hydrogen) atoms. The number of aromatic amines is 1. The zero-order valence-corrected chi connectivity index (χ0v) is 17.9. The van der Waals surface area contributed by atoms with Gasteiger partial charge in [-0.1, -0.05) is 59.7 Å². The Balaban J connectivity index is 2.14. The molecule has 0 aliphatic carbocycles. The van der Waals surface area contributed by atoms with Gasteiger partial charge in [0.15, 0.2) is 0 Å². The van der Waals surface area contributed by atoms with E-state index in [4.69, 9.17) is 0 Å². The van der Waals surface area contributed by atoms with Gasteiger partial charge in [0.2, 0.25) is 0 Å². The molecular formula is C23H29N3O3. The summed E-state index contributed by atoms with van der Waals surface area (Å²) in [5.41, 5.74) is 1.56. The van der Waals surface area contributed by atoms with Crippen LogP contribution in [-0.2, 0) is 11.8 Å². The van der Waals surface area contributed by atoms with Crippen LogP contribution in [0, 0.1) is 5.41 Å². The first-order valence-electron chi connectivity index (χ1n) is 9.74. The minimum absolute atomic E-state index is 0.0741. The third-order valence-electron chi connectivity index (χ3n) is 4.78. The summed E-state index contributed by atoms with van der Waals surface area (Å²) in [7, 11) is 0. The minimum atomic E-state index is -0.552. The third-order valence-corrected chi connectivity index (χ3v) is 4.78. The maximum Gasteiger partial charge on any atom is 0.356 e. The molecule has 1 aromatic heterocycles. The number of nitrogens with one attached hydrogen (secondary N) is 1. The van der Waals surface area contributed by atoms with Gasteiger partial charge in [0.25, 0.3) is 0 Å². The van der Waals surface area contributed by atoms with Crippen LogP contribution in [0.15, 0.2) is 52.1 Å². The number of H-pyrrole nitrogens is 1. The second kappa shape index (κ2) is 7.10. The molecular weight excluding hydrogens is 366 g/mol. The lowest BCUT2D eigenvalue weighted by atomic mass is 9.87. The summed E-state index contributed by atoms with van der Waals surface area (Å²) in [4.78, 5) is 25.7. The molecule has 0 radical (unpaired) electrons. The lowest BCUT2D eigenvalue weighted by molar-refractivity contribution is 0.411. The molecule has 3 aromatic rings. The molecule has 6 heteroatoms. The summed E-state index contributed by atoms with van der Waals surface area (Å²) in [6, 6.07) is 12.5. The van der Waals surface area contributed by atoms with Gasteiger partial charge >= 0.3 is 11.4 Å². The molecule has 0 atom stereocenters. The van der Waals surface area contributed by atoms with Gasteiger partial charge in [-0.05, 0) is 52.6 Å². The Kier molecular flexibility index (Phi) is 5.07. The van der Waals surface area contributed by atoms with Crippen molar-refractivity contribution in [2.45, 2.75) is 53.4 Å². The van der Waals surface area contributed by atoms with Crippen molar-refractivity contribution in [1.29, 1.82) is 0 Å². The van der Waals surface area contributed by atoms with Crippen LogP contribution in [0.1, 0.15) is 52.7 Å². The minimum Gasteiger partial charge on any atom is -0.506 e. The Morgan fingerprint density at radius 2 is 1.66 bits per heavy atom. The first kappa shape index (κ1) is 20.7. The first-order valence-corrected chi connectivity index (χ1v) is 9.74. The monoisotopic (exact) mass is 395 g/mol. The fourth-order valence-corrected chi connectivity index (χ4v) is 3.36. The van der Waals surface area contributed by atoms with Crippen molar-refractivity contribution in [2.75, 3.05) is 0 Å². The Morgan fingerprint density at radius 3 is 2.28 bits per heavy atom. The highest BCUT2D eigenvalue weighted by molar-refractivity contribution is 5.49. The van der Waals surface area contributed by atoms with Crippen molar-refractivity contribution >= 4 is 0 Å². The van der Waals surface area contributed by atoms with Crippen LogP contribution in [0.5, 0.6) is 5.75 Å². The van der Waals surface area contributed by atoms with E-state index in [1.54, 1.807) is 18.2 Å². The zero-order chi connectivity index (χ0) is 21.6. The summed E-state index contributed by atoms with van der Waals surface area (Å²) in [6.45, 7) is 12.5. The van der Waals surface area contributed by atoms with Crippen LogP contribution < -0.4 is 11.4 Å². The second-order valence-corrected chi connectivity index (χ2v) is 9.73. The Morgan fingerprint density at radius 1 is 0.966 bits per heavy atom. The van der Waals surface area contributed by atoms with E-state index >= 15 is 0 Å². The first-order chi connectivity index (χ1) is 13.4. The molecule has 0 saturated carbocycles. The Bertz CT molecular complexity index is 1150. The van der Waals surface area contributed by atoms with Crippen molar-refractivity contribution in [2.24, 2.45) is 5.41 Å². The summed E-state index contributed by atoms with van der Waals surface area (Å²) in [5, 5.41) is 12.9. The standard InChI is InChI=1S/C23H29N3O3/c1-22(2,3)14-15-8-7-9-17(12-15)25-20(28)24-26(21(25)29)18-13-16(23(4,5)6)10-11-19(18)27/h7-13,27H,14H2,1-6H3,(H,24,28). The highest BCUT2D eigenvalue weighted by atomic mass is 16.3. The molecule has 0 spiro atoms. The van der Waals surface area contributed by atoms with Crippen LogP contribution in [0.4, 0.5) is 0 Å². The fourth-order valence-electron chi connectivity index (χ4n) is 3.36. The molecule has 154 valence electrons. The van der Waals surface area contributed by atoms with Crippen molar-refractivity contribution < 1.29 is 5.11 Å². The Labute approximate surface area is 170 Å². The average molecular weight is 396 g/mol. The highest BCUT2D eigenvalue weighted by Gasteiger charge is 2.20. The predicted molar refractivity (Wildman–Crippen MR) is 116 cm³/mol. The number of hydrogen-bond acceptors (Lipinski definition) is 3. The molecule has 0 saturated heterocycles. The van der Waals surface area contributed by atoms with Crippen LogP contribution in [0.3, 0.4) is 0 Å². The van der Waals surface area contributed by atoms with Gasteiger partial charge in [-0.2, -0.15) is 4.68 Å². The molecule has 0 aliphatic heterocycles. The maximum atomic E-state index is 13.1. The van der Waals surface area contributed by atoms with Crippen LogP contribution in [0.25, 0.3) is 11.4 Å². The normalized spacial score (nSPS) is 12.3. The number of aromatic hydroxyl groups is 1. The van der Waals surface area contributed by atoms with Crippen LogP contribution >= 0.6 is 0 Å². The van der Waals surface area contributed by atoms with Crippen molar-refractivity contribution in [3.63, 3.8) is 0 Å². The highest BCUT2D eigenvalue weighted by Crippen LogP contribution is 2.28. The Hall–Kier alpha value is -3.02. The SMILES string of the molecule is CC(C)(C)Cc1cccc(-n2c(=O)[nH]n(-c3cc(C(C)(C)C)ccc3O)c2=O)c1. The number of benzene rings is 2. The summed E-state index contributed by atoms with van der Waals surface area (Å²) in [6.07, 6.45) is 0.822. The topological polar surface area (TPSA) is 80.0 Å². The van der Waals surface area contributed by atoms with Crippen molar-refractivity contribution in [3.8, 4) is 17.1 Å². The van der Waals surface area contributed by atoms with Crippen molar-refractivity contribution in [1.82, 2.24) is 14.3 Å². The van der Waals surface area contributed by atoms with E-state index in [2.05, 4.69) is 25.9 Å². The zero-order valence-electron chi connectivity index (χ0n) is 17.9. The number of aromatic nitrogens is 3. The van der Waals surface area contributed by atoms with Gasteiger partial charge in [0, 0.05) is 0 Å². The molecule has 2 N–H and O–H groups in total. The van der Waals surface area contributed by atoms with E-state index in [9.17, 15) is 14.7 Å². The number of nitrogens with zero attached hydrogens (tertiary/aromatic N) is 2. The maximum absolute atomic E-state index is 13.1. The third kappa shape index (κ3) is 4.36. The lowest BCUT2D eigenvalue weighted by Gasteiger charge is -2.20. The van der Waals surface area contributed by atoms with E-state index in [0.29, 0.717) is 5.69 Å². The molecule has 0 bridgehead atoms. The number of phenolic OH excluding ortho intramolecular Hbond substituents is 1. The van der Waals surface area contributed by atoms with Gasteiger partial charge in [-0.25, -0.2) is 19.3 Å². The molecule has 1 heterocycles. The van der Waals surface area contributed by atoms with E-state index < -0.39 is 11.4 Å². The molecule has 6 nitrogen and oxygen atoms in total. The molecule has 0 unspecified atom stereocenters. The number of phenols is 1. The van der Waals surface area contributed by atoms with Gasteiger partial charge in [-0.15, -0.1) is 0 Å². The summed E-state index contributed by atoms with van der Waals surface area (Å²) >= 11 is 0.